The highest BCUT2D eigenvalue weighted by molar-refractivity contribution is 6.00. The Kier molecular flexibility index (Phi) is 3.15. The van der Waals surface area contributed by atoms with E-state index in [9.17, 15) is 9.18 Å². The van der Waals surface area contributed by atoms with Crippen LogP contribution in [-0.2, 0) is 6.42 Å². The van der Waals surface area contributed by atoms with Gasteiger partial charge in [0.2, 0.25) is 0 Å². The molecule has 2 rings (SSSR count). The summed E-state index contributed by atoms with van der Waals surface area (Å²) in [5.74, 6) is -0.404. The lowest BCUT2D eigenvalue weighted by Crippen LogP contribution is -2.33. The number of carbonyl (C=O) groups excluding carboxylic acids is 1. The van der Waals surface area contributed by atoms with E-state index in [1.807, 2.05) is 13.8 Å². The highest BCUT2D eigenvalue weighted by Crippen LogP contribution is 2.34. The van der Waals surface area contributed by atoms with Crippen LogP contribution in [0.1, 0.15) is 43.1 Å². The van der Waals surface area contributed by atoms with E-state index in [0.29, 0.717) is 5.75 Å². The molecule has 0 saturated carbocycles. The lowest BCUT2D eigenvalue weighted by molar-refractivity contribution is 0.0839. The first-order valence-electron chi connectivity index (χ1n) is 6.11. The van der Waals surface area contributed by atoms with Crippen molar-refractivity contribution in [3.8, 4) is 5.75 Å². The van der Waals surface area contributed by atoms with Crippen molar-refractivity contribution in [3.63, 3.8) is 0 Å². The van der Waals surface area contributed by atoms with Crippen molar-refractivity contribution in [1.82, 2.24) is 0 Å². The fourth-order valence-electron chi connectivity index (χ4n) is 2.11. The van der Waals surface area contributed by atoms with Crippen molar-refractivity contribution in [1.29, 1.82) is 0 Å². The van der Waals surface area contributed by atoms with Gasteiger partial charge in [0.25, 0.3) is 0 Å². The maximum atomic E-state index is 13.9. The van der Waals surface area contributed by atoms with Gasteiger partial charge in [-0.2, -0.15) is 0 Å². The minimum atomic E-state index is -0.696. The molecule has 1 heterocycles. The summed E-state index contributed by atoms with van der Waals surface area (Å²) < 4.78 is 19.6. The highest BCUT2D eigenvalue weighted by atomic mass is 19.1. The van der Waals surface area contributed by atoms with E-state index in [4.69, 9.17) is 10.5 Å². The van der Waals surface area contributed by atoms with Crippen molar-refractivity contribution >= 4 is 5.78 Å². The molecule has 0 bridgehead atoms. The van der Waals surface area contributed by atoms with E-state index >= 15 is 0 Å². The number of ether oxygens (including phenoxy) is 1. The van der Waals surface area contributed by atoms with Crippen LogP contribution in [0.3, 0.4) is 0 Å². The Hall–Kier alpha value is -1.42. The van der Waals surface area contributed by atoms with Crippen LogP contribution in [0.4, 0.5) is 4.39 Å². The number of hydrogen-bond donors (Lipinski definition) is 1. The molecular formula is C14H18FNO2. The molecule has 1 aliphatic rings. The van der Waals surface area contributed by atoms with Crippen molar-refractivity contribution in [2.45, 2.75) is 45.3 Å². The number of carbonyl (C=O) groups is 1. The van der Waals surface area contributed by atoms with Crippen molar-refractivity contribution < 1.29 is 13.9 Å². The number of hydrogen-bond acceptors (Lipinski definition) is 3. The van der Waals surface area contributed by atoms with Crippen LogP contribution < -0.4 is 10.5 Å². The average molecular weight is 251 g/mol. The molecule has 4 heteroatoms. The first-order valence-corrected chi connectivity index (χ1v) is 6.11. The second kappa shape index (κ2) is 4.35. The quantitative estimate of drug-likeness (QED) is 0.821. The van der Waals surface area contributed by atoms with E-state index in [-0.39, 0.29) is 16.9 Å². The minimum Gasteiger partial charge on any atom is -0.487 e. The van der Waals surface area contributed by atoms with Crippen LogP contribution in [0, 0.1) is 5.82 Å². The molecule has 1 atom stereocenters. The molecule has 0 aliphatic carbocycles. The molecular weight excluding hydrogens is 233 g/mol. The van der Waals surface area contributed by atoms with Crippen LogP contribution in [0.25, 0.3) is 0 Å². The number of fused-ring (bicyclic) bond motifs is 1. The second-order valence-corrected chi connectivity index (χ2v) is 5.45. The molecule has 0 spiro atoms. The molecule has 98 valence electrons. The lowest BCUT2D eigenvalue weighted by atomic mass is 9.92. The third-order valence-corrected chi connectivity index (χ3v) is 3.21. The molecule has 0 aromatic heterocycles. The zero-order valence-electron chi connectivity index (χ0n) is 10.9. The lowest BCUT2D eigenvalue weighted by Gasteiger charge is -2.32. The number of halogens is 1. The first-order chi connectivity index (χ1) is 8.30. The molecule has 18 heavy (non-hydrogen) atoms. The normalized spacial score (nSPS) is 18.7. The van der Waals surface area contributed by atoms with E-state index in [2.05, 4.69) is 0 Å². The van der Waals surface area contributed by atoms with E-state index in [0.717, 1.165) is 18.4 Å². The van der Waals surface area contributed by atoms with Crippen LogP contribution in [0.15, 0.2) is 12.1 Å². The molecule has 0 amide bonds. The van der Waals surface area contributed by atoms with Crippen LogP contribution in [-0.4, -0.2) is 17.4 Å². The summed E-state index contributed by atoms with van der Waals surface area (Å²) in [5.41, 5.74) is 6.16. The summed E-state index contributed by atoms with van der Waals surface area (Å²) in [6.07, 6.45) is 1.62. The van der Waals surface area contributed by atoms with Crippen molar-refractivity contribution in [2.75, 3.05) is 0 Å². The fourth-order valence-corrected chi connectivity index (χ4v) is 2.11. The van der Waals surface area contributed by atoms with Crippen molar-refractivity contribution in [2.24, 2.45) is 5.73 Å². The van der Waals surface area contributed by atoms with Gasteiger partial charge < -0.3 is 10.5 Å². The third-order valence-electron chi connectivity index (χ3n) is 3.21. The Morgan fingerprint density at radius 1 is 1.50 bits per heavy atom. The van der Waals surface area contributed by atoms with Crippen LogP contribution in [0.2, 0.25) is 0 Å². The fraction of sp³-hybridized carbons (Fsp3) is 0.500. The Balaban J connectivity index is 2.42. The highest BCUT2D eigenvalue weighted by Gasteiger charge is 2.28. The number of ketones is 1. The van der Waals surface area contributed by atoms with Gasteiger partial charge in [-0.25, -0.2) is 4.39 Å². The summed E-state index contributed by atoms with van der Waals surface area (Å²) in [5, 5.41) is 0. The Morgan fingerprint density at radius 3 is 2.78 bits per heavy atom. The number of benzene rings is 1. The molecule has 0 radical (unpaired) electrons. The maximum absolute atomic E-state index is 13.9. The van der Waals surface area contributed by atoms with Crippen molar-refractivity contribution in [3.05, 3.63) is 29.1 Å². The van der Waals surface area contributed by atoms with E-state index in [1.165, 1.54) is 6.07 Å². The van der Waals surface area contributed by atoms with Crippen LogP contribution >= 0.6 is 0 Å². The predicted molar refractivity (Wildman–Crippen MR) is 67.4 cm³/mol. The van der Waals surface area contributed by atoms with Gasteiger partial charge in [-0.05, 0) is 45.2 Å². The maximum Gasteiger partial charge on any atom is 0.182 e. The zero-order valence-corrected chi connectivity index (χ0v) is 10.9. The van der Waals surface area contributed by atoms with Gasteiger partial charge in [0.05, 0.1) is 11.6 Å². The van der Waals surface area contributed by atoms with Gasteiger partial charge in [-0.3, -0.25) is 4.79 Å². The number of nitrogens with two attached hydrogens (primary N) is 1. The predicted octanol–water partition coefficient (Wildman–Crippen LogP) is 2.46. The molecule has 1 aliphatic heterocycles. The molecule has 0 saturated heterocycles. The van der Waals surface area contributed by atoms with Crippen LogP contribution in [0.5, 0.6) is 5.75 Å². The summed E-state index contributed by atoms with van der Waals surface area (Å²) in [6.45, 7) is 5.49. The van der Waals surface area contributed by atoms with E-state index in [1.54, 1.807) is 13.0 Å². The molecule has 2 N–H and O–H groups in total. The summed E-state index contributed by atoms with van der Waals surface area (Å²) in [7, 11) is 0. The Morgan fingerprint density at radius 2 is 2.17 bits per heavy atom. The topological polar surface area (TPSA) is 52.3 Å². The molecule has 1 aromatic rings. The molecule has 3 nitrogen and oxygen atoms in total. The summed E-state index contributed by atoms with van der Waals surface area (Å²) in [4.78, 5) is 11.8. The third kappa shape index (κ3) is 2.38. The van der Waals surface area contributed by atoms with Gasteiger partial charge in [0, 0.05) is 6.07 Å². The zero-order chi connectivity index (χ0) is 13.5. The standard InChI is InChI=1S/C14H18FNO2/c1-8(16)13(17)10-6-9-4-5-14(2,3)18-12(9)7-11(10)15/h6-8H,4-5,16H2,1-3H3. The SMILES string of the molecule is CC(N)C(=O)c1cc2c(cc1F)OC(C)(C)CC2. The second-order valence-electron chi connectivity index (χ2n) is 5.45. The number of rotatable bonds is 2. The average Bonchev–Trinajstić information content (AvgIpc) is 2.26. The largest absolute Gasteiger partial charge is 0.487 e. The van der Waals surface area contributed by atoms with Gasteiger partial charge in [0.1, 0.15) is 17.2 Å². The number of Topliss-reactive ketones (excluding diaryl/α,β-unsaturated/α-hetero) is 1. The van der Waals surface area contributed by atoms with Gasteiger partial charge >= 0.3 is 0 Å². The Bertz CT molecular complexity index is 495. The summed E-state index contributed by atoms with van der Waals surface area (Å²) >= 11 is 0. The van der Waals surface area contributed by atoms with Gasteiger partial charge in [-0.1, -0.05) is 0 Å². The minimum absolute atomic E-state index is 0.0621. The first kappa shape index (κ1) is 13.0. The molecule has 1 unspecified atom stereocenters. The van der Waals surface area contributed by atoms with Gasteiger partial charge in [0.15, 0.2) is 5.78 Å². The Labute approximate surface area is 106 Å². The molecule has 1 aromatic carbocycles. The smallest absolute Gasteiger partial charge is 0.182 e. The van der Waals surface area contributed by atoms with Gasteiger partial charge in [-0.15, -0.1) is 0 Å². The van der Waals surface area contributed by atoms with E-state index < -0.39 is 11.9 Å². The number of aryl methyl sites for hydroxylation is 1. The monoisotopic (exact) mass is 251 g/mol. The summed E-state index contributed by atoms with van der Waals surface area (Å²) in [6, 6.07) is 2.18. The molecule has 0 fully saturated rings.